The predicted molar refractivity (Wildman–Crippen MR) is 122 cm³/mol. The summed E-state index contributed by atoms with van der Waals surface area (Å²) in [4.78, 5) is 40.6. The van der Waals surface area contributed by atoms with Crippen LogP contribution in [0.5, 0.6) is 0 Å². The quantitative estimate of drug-likeness (QED) is 0.389. The Bertz CT molecular complexity index is 1330. The molecule has 0 unspecified atom stereocenters. The molecule has 2 aromatic heterocycles. The Morgan fingerprint density at radius 1 is 0.848 bits per heavy atom. The number of rotatable bonds is 7. The molecular weight excluding hydrogens is 444 g/mol. The summed E-state index contributed by atoms with van der Waals surface area (Å²) in [5.74, 6) is -1.72. The number of carboxylic acids is 1. The van der Waals surface area contributed by atoms with Crippen LogP contribution in [-0.4, -0.2) is 32.3 Å². The highest BCUT2D eigenvalue weighted by atomic mass is 35.5. The third kappa shape index (κ3) is 5.19. The Balaban J connectivity index is 1.44. The number of imidazole rings is 1. The number of halogens is 1. The first-order chi connectivity index (χ1) is 15.9. The van der Waals surface area contributed by atoms with Gasteiger partial charge in [0.1, 0.15) is 17.0 Å². The van der Waals surface area contributed by atoms with E-state index in [1.165, 1.54) is 18.3 Å². The molecule has 33 heavy (non-hydrogen) atoms. The van der Waals surface area contributed by atoms with Gasteiger partial charge in [-0.1, -0.05) is 41.9 Å². The second-order valence-corrected chi connectivity index (χ2v) is 7.70. The van der Waals surface area contributed by atoms with Crippen molar-refractivity contribution in [3.63, 3.8) is 0 Å². The minimum absolute atomic E-state index is 0.176. The summed E-state index contributed by atoms with van der Waals surface area (Å²) in [7, 11) is 0. The molecule has 2 amide bonds. The van der Waals surface area contributed by atoms with Gasteiger partial charge in [-0.15, -0.1) is 0 Å². The maximum absolute atomic E-state index is 12.8. The van der Waals surface area contributed by atoms with Crippen molar-refractivity contribution in [1.82, 2.24) is 20.0 Å². The van der Waals surface area contributed by atoms with E-state index in [9.17, 15) is 14.4 Å². The first-order valence-electron chi connectivity index (χ1n) is 10.0. The largest absolute Gasteiger partial charge is 0.478 e. The first-order valence-corrected chi connectivity index (χ1v) is 10.4. The summed E-state index contributed by atoms with van der Waals surface area (Å²) in [6.07, 6.45) is 1.52. The van der Waals surface area contributed by atoms with Gasteiger partial charge in [-0.2, -0.15) is 0 Å². The lowest BCUT2D eigenvalue weighted by Gasteiger charge is -2.07. The van der Waals surface area contributed by atoms with Crippen LogP contribution in [0.2, 0.25) is 5.02 Å². The van der Waals surface area contributed by atoms with Crippen molar-refractivity contribution in [2.24, 2.45) is 0 Å². The van der Waals surface area contributed by atoms with Gasteiger partial charge in [0.15, 0.2) is 0 Å². The monoisotopic (exact) mass is 462 g/mol. The van der Waals surface area contributed by atoms with Crippen LogP contribution in [0.1, 0.15) is 42.5 Å². The number of fused-ring (bicyclic) bond motifs is 1. The van der Waals surface area contributed by atoms with Crippen molar-refractivity contribution in [3.8, 4) is 0 Å². The highest BCUT2D eigenvalue weighted by molar-refractivity contribution is 6.30. The predicted octanol–water partition coefficient (Wildman–Crippen LogP) is 3.55. The number of hydrogen-bond acceptors (Lipinski definition) is 4. The number of amides is 2. The second-order valence-electron chi connectivity index (χ2n) is 7.26. The van der Waals surface area contributed by atoms with Gasteiger partial charge in [-0.3, -0.25) is 14.0 Å². The van der Waals surface area contributed by atoms with Crippen LogP contribution in [0.15, 0.2) is 72.9 Å². The van der Waals surface area contributed by atoms with Crippen LogP contribution in [0, 0.1) is 0 Å². The van der Waals surface area contributed by atoms with Crippen LogP contribution in [0.4, 0.5) is 0 Å². The number of benzene rings is 2. The van der Waals surface area contributed by atoms with Gasteiger partial charge in [-0.05, 0) is 47.5 Å². The molecule has 0 aliphatic heterocycles. The van der Waals surface area contributed by atoms with Crippen LogP contribution in [-0.2, 0) is 13.1 Å². The molecule has 0 atom stereocenters. The summed E-state index contributed by atoms with van der Waals surface area (Å²) in [6, 6.07) is 18.4. The topological polar surface area (TPSA) is 113 Å². The molecule has 4 rings (SSSR count). The molecule has 2 heterocycles. The van der Waals surface area contributed by atoms with Crippen LogP contribution in [0.3, 0.4) is 0 Å². The van der Waals surface area contributed by atoms with Crippen molar-refractivity contribution in [3.05, 3.63) is 106 Å². The number of aromatic carboxylic acids is 1. The van der Waals surface area contributed by atoms with Gasteiger partial charge in [0.05, 0.1) is 5.56 Å². The van der Waals surface area contributed by atoms with Crippen molar-refractivity contribution in [1.29, 1.82) is 0 Å². The molecule has 8 nitrogen and oxygen atoms in total. The molecule has 0 saturated heterocycles. The van der Waals surface area contributed by atoms with Gasteiger partial charge >= 0.3 is 5.97 Å². The zero-order valence-corrected chi connectivity index (χ0v) is 18.0. The van der Waals surface area contributed by atoms with E-state index >= 15 is 0 Å². The van der Waals surface area contributed by atoms with Crippen LogP contribution < -0.4 is 10.6 Å². The second kappa shape index (κ2) is 9.54. The van der Waals surface area contributed by atoms with E-state index in [1.807, 2.05) is 12.1 Å². The number of carbonyl (C=O) groups is 3. The fourth-order valence-electron chi connectivity index (χ4n) is 3.22. The molecule has 9 heteroatoms. The number of aromatic nitrogens is 2. The number of carbonyl (C=O) groups excluding carboxylic acids is 2. The number of nitrogens with zero attached hydrogens (tertiary/aromatic N) is 2. The van der Waals surface area contributed by atoms with E-state index in [-0.39, 0.29) is 29.6 Å². The number of pyridine rings is 1. The third-order valence-corrected chi connectivity index (χ3v) is 5.23. The first kappa shape index (κ1) is 22.0. The lowest BCUT2D eigenvalue weighted by atomic mass is 10.1. The molecule has 0 bridgehead atoms. The SMILES string of the molecule is O=C(O)c1ccc(CNC(=O)c2cccc3nc(C(=O)NCc4ccc(Cl)cc4)cn23)cc1. The standard InChI is InChI=1S/C24H19ClN4O4/c25-18-10-6-16(7-11-18)12-26-22(30)19-14-29-20(2-1-3-21(29)28-19)23(31)27-13-15-4-8-17(9-5-15)24(32)33/h1-11,14H,12-13H2,(H,26,30)(H,27,31)(H,32,33). The van der Waals surface area contributed by atoms with Crippen molar-refractivity contribution in [2.75, 3.05) is 0 Å². The Labute approximate surface area is 193 Å². The highest BCUT2D eigenvalue weighted by Crippen LogP contribution is 2.12. The summed E-state index contributed by atoms with van der Waals surface area (Å²) >= 11 is 5.88. The van der Waals surface area contributed by atoms with Gasteiger partial charge in [0.2, 0.25) is 0 Å². The van der Waals surface area contributed by atoms with Crippen molar-refractivity contribution < 1.29 is 19.5 Å². The lowest BCUT2D eigenvalue weighted by Crippen LogP contribution is -2.25. The maximum Gasteiger partial charge on any atom is 0.335 e. The van der Waals surface area contributed by atoms with E-state index in [0.29, 0.717) is 22.9 Å². The van der Waals surface area contributed by atoms with E-state index in [1.54, 1.807) is 46.9 Å². The zero-order chi connectivity index (χ0) is 23.4. The van der Waals surface area contributed by atoms with Gasteiger partial charge < -0.3 is 15.7 Å². The van der Waals surface area contributed by atoms with Gasteiger partial charge in [0.25, 0.3) is 11.8 Å². The van der Waals surface area contributed by atoms with Crippen LogP contribution >= 0.6 is 11.6 Å². The highest BCUT2D eigenvalue weighted by Gasteiger charge is 2.15. The molecule has 0 saturated carbocycles. The molecule has 0 spiro atoms. The molecule has 0 aliphatic rings. The number of carboxylic acid groups (broad SMARTS) is 1. The normalized spacial score (nSPS) is 10.7. The fraction of sp³-hybridized carbons (Fsp3) is 0.0833. The van der Waals surface area contributed by atoms with Crippen molar-refractivity contribution in [2.45, 2.75) is 13.1 Å². The molecule has 166 valence electrons. The zero-order valence-electron chi connectivity index (χ0n) is 17.3. The van der Waals surface area contributed by atoms with E-state index in [0.717, 1.165) is 11.1 Å². The molecule has 3 N–H and O–H groups in total. The van der Waals surface area contributed by atoms with Gasteiger partial charge in [0, 0.05) is 24.3 Å². The molecule has 0 aliphatic carbocycles. The van der Waals surface area contributed by atoms with E-state index in [4.69, 9.17) is 16.7 Å². The summed E-state index contributed by atoms with van der Waals surface area (Å²) < 4.78 is 1.56. The third-order valence-electron chi connectivity index (χ3n) is 4.98. The van der Waals surface area contributed by atoms with Gasteiger partial charge in [-0.25, -0.2) is 9.78 Å². The smallest absolute Gasteiger partial charge is 0.335 e. The molecule has 4 aromatic rings. The van der Waals surface area contributed by atoms with E-state index in [2.05, 4.69) is 15.6 Å². The fourth-order valence-corrected chi connectivity index (χ4v) is 3.34. The summed E-state index contributed by atoms with van der Waals surface area (Å²) in [5.41, 5.74) is 2.80. The van der Waals surface area contributed by atoms with Crippen molar-refractivity contribution >= 4 is 35.0 Å². The Kier molecular flexibility index (Phi) is 6.37. The lowest BCUT2D eigenvalue weighted by molar-refractivity contribution is 0.0696. The molecule has 2 aromatic carbocycles. The maximum atomic E-state index is 12.8. The Morgan fingerprint density at radius 3 is 2.09 bits per heavy atom. The number of nitrogens with one attached hydrogen (secondary N) is 2. The molecular formula is C24H19ClN4O4. The summed E-state index contributed by atoms with van der Waals surface area (Å²) in [5, 5.41) is 15.2. The molecule has 0 fully saturated rings. The molecule has 0 radical (unpaired) electrons. The minimum atomic E-state index is -1.01. The Hall–Kier alpha value is -4.17. The minimum Gasteiger partial charge on any atom is -0.478 e. The van der Waals surface area contributed by atoms with Crippen LogP contribution in [0.25, 0.3) is 5.65 Å². The average molecular weight is 463 g/mol. The average Bonchev–Trinajstić information content (AvgIpc) is 3.27. The summed E-state index contributed by atoms with van der Waals surface area (Å²) in [6.45, 7) is 0.538. The number of hydrogen-bond donors (Lipinski definition) is 3. The Morgan fingerprint density at radius 2 is 1.45 bits per heavy atom. The van der Waals surface area contributed by atoms with E-state index < -0.39 is 5.97 Å².